The first kappa shape index (κ1) is 20.3. The number of benzene rings is 3. The molecule has 0 aliphatic heterocycles. The van der Waals surface area contributed by atoms with Crippen LogP contribution in [0.15, 0.2) is 84.9 Å². The van der Waals surface area contributed by atoms with Crippen LogP contribution in [0.3, 0.4) is 0 Å². The highest BCUT2D eigenvalue weighted by atomic mass is 16.2. The number of para-hydroxylation sites is 2. The molecule has 4 nitrogen and oxygen atoms in total. The molecule has 0 aromatic heterocycles. The van der Waals surface area contributed by atoms with Crippen molar-refractivity contribution in [2.45, 2.75) is 26.8 Å². The largest absolute Gasteiger partial charge is 0.306 e. The van der Waals surface area contributed by atoms with Gasteiger partial charge < -0.3 is 9.80 Å². The molecule has 0 fully saturated rings. The summed E-state index contributed by atoms with van der Waals surface area (Å²) in [7, 11) is 0. The van der Waals surface area contributed by atoms with E-state index in [1.807, 2.05) is 91.9 Å². The van der Waals surface area contributed by atoms with Gasteiger partial charge >= 0.3 is 0 Å². The number of carbonyl (C=O) groups is 2. The van der Waals surface area contributed by atoms with Crippen LogP contribution in [-0.4, -0.2) is 18.4 Å². The zero-order valence-electron chi connectivity index (χ0n) is 16.9. The summed E-state index contributed by atoms with van der Waals surface area (Å²) < 4.78 is 0. The van der Waals surface area contributed by atoms with E-state index in [0.717, 1.165) is 28.9 Å². The van der Waals surface area contributed by atoms with Crippen LogP contribution < -0.4 is 9.80 Å². The number of rotatable bonds is 7. The van der Waals surface area contributed by atoms with Crippen LogP contribution in [0, 0.1) is 0 Å². The highest BCUT2D eigenvalue weighted by molar-refractivity contribution is 6.03. The van der Waals surface area contributed by atoms with Gasteiger partial charge in [0.1, 0.15) is 6.54 Å². The van der Waals surface area contributed by atoms with E-state index >= 15 is 0 Å². The second-order valence-corrected chi connectivity index (χ2v) is 6.89. The number of carbonyl (C=O) groups excluding carboxylic acids is 2. The molecule has 3 aromatic carbocycles. The van der Waals surface area contributed by atoms with Crippen LogP contribution >= 0.6 is 0 Å². The molecule has 4 heteroatoms. The third-order valence-electron chi connectivity index (χ3n) is 4.89. The summed E-state index contributed by atoms with van der Waals surface area (Å²) in [6.07, 6.45) is 0.792. The van der Waals surface area contributed by atoms with E-state index in [0.29, 0.717) is 6.54 Å². The average Bonchev–Trinajstić information content (AvgIpc) is 2.76. The van der Waals surface area contributed by atoms with Gasteiger partial charge in [0.05, 0.1) is 6.54 Å². The van der Waals surface area contributed by atoms with Crippen molar-refractivity contribution >= 4 is 23.2 Å². The van der Waals surface area contributed by atoms with Gasteiger partial charge in [-0.2, -0.15) is 0 Å². The van der Waals surface area contributed by atoms with E-state index in [9.17, 15) is 9.59 Å². The van der Waals surface area contributed by atoms with Crippen molar-refractivity contribution in [3.05, 3.63) is 96.1 Å². The van der Waals surface area contributed by atoms with Crippen LogP contribution in [0.2, 0.25) is 0 Å². The lowest BCUT2D eigenvalue weighted by Gasteiger charge is -2.28. The van der Waals surface area contributed by atoms with E-state index in [4.69, 9.17) is 0 Å². The molecule has 0 spiro atoms. The molecule has 0 radical (unpaired) electrons. The Labute approximate surface area is 172 Å². The van der Waals surface area contributed by atoms with Gasteiger partial charge in [-0.1, -0.05) is 73.7 Å². The lowest BCUT2D eigenvalue weighted by Crippen LogP contribution is -2.42. The SMILES string of the molecule is CCc1ccccc1N(CC(=O)N(Cc1ccccc1)c1ccccc1)C(C)=O. The summed E-state index contributed by atoms with van der Waals surface area (Å²) in [5.41, 5.74) is 3.69. The molecule has 3 rings (SSSR count). The number of nitrogens with zero attached hydrogens (tertiary/aromatic N) is 2. The van der Waals surface area contributed by atoms with Crippen LogP contribution in [-0.2, 0) is 22.6 Å². The highest BCUT2D eigenvalue weighted by Gasteiger charge is 2.23. The standard InChI is InChI=1S/C25H26N2O2/c1-3-22-14-10-11-17-24(22)26(20(2)28)19-25(29)27(23-15-8-5-9-16-23)18-21-12-6-4-7-13-21/h4-17H,3,18-19H2,1-2H3. The minimum absolute atomic E-state index is 0.00588. The van der Waals surface area contributed by atoms with E-state index in [-0.39, 0.29) is 18.4 Å². The molecule has 0 aliphatic carbocycles. The number of aryl methyl sites for hydroxylation is 1. The predicted octanol–water partition coefficient (Wildman–Crippen LogP) is 4.84. The molecule has 0 unspecified atom stereocenters. The van der Waals surface area contributed by atoms with Crippen LogP contribution in [0.1, 0.15) is 25.0 Å². The summed E-state index contributed by atoms with van der Waals surface area (Å²) in [5, 5.41) is 0. The van der Waals surface area contributed by atoms with Crippen molar-refractivity contribution in [3.8, 4) is 0 Å². The van der Waals surface area contributed by atoms with E-state index in [1.54, 1.807) is 9.80 Å². The molecule has 0 atom stereocenters. The van der Waals surface area contributed by atoms with Gasteiger partial charge in [-0.25, -0.2) is 0 Å². The topological polar surface area (TPSA) is 40.6 Å². The zero-order chi connectivity index (χ0) is 20.6. The lowest BCUT2D eigenvalue weighted by atomic mass is 10.1. The highest BCUT2D eigenvalue weighted by Crippen LogP contribution is 2.23. The van der Waals surface area contributed by atoms with E-state index < -0.39 is 0 Å². The number of hydrogen-bond donors (Lipinski definition) is 0. The smallest absolute Gasteiger partial charge is 0.247 e. The maximum atomic E-state index is 13.4. The van der Waals surface area contributed by atoms with E-state index in [1.165, 1.54) is 6.92 Å². The van der Waals surface area contributed by atoms with Gasteiger partial charge in [-0.15, -0.1) is 0 Å². The molecule has 0 saturated heterocycles. The van der Waals surface area contributed by atoms with Gasteiger partial charge in [0, 0.05) is 18.3 Å². The van der Waals surface area contributed by atoms with Crippen molar-refractivity contribution in [2.24, 2.45) is 0 Å². The molecule has 0 saturated carbocycles. The molecule has 2 amide bonds. The minimum atomic E-state index is -0.146. The first-order valence-corrected chi connectivity index (χ1v) is 9.85. The fourth-order valence-corrected chi connectivity index (χ4v) is 3.36. The molecule has 0 heterocycles. The Kier molecular flexibility index (Phi) is 6.80. The van der Waals surface area contributed by atoms with Gasteiger partial charge in [0.25, 0.3) is 0 Å². The molecule has 148 valence electrons. The Balaban J connectivity index is 1.91. The summed E-state index contributed by atoms with van der Waals surface area (Å²) in [4.78, 5) is 29.1. The second-order valence-electron chi connectivity index (χ2n) is 6.89. The summed E-state index contributed by atoms with van der Waals surface area (Å²) in [6, 6.07) is 27.2. The van der Waals surface area contributed by atoms with Crippen molar-refractivity contribution < 1.29 is 9.59 Å². The summed E-state index contributed by atoms with van der Waals surface area (Å²) in [5.74, 6) is -0.270. The fraction of sp³-hybridized carbons (Fsp3) is 0.200. The summed E-state index contributed by atoms with van der Waals surface area (Å²) in [6.45, 7) is 3.99. The summed E-state index contributed by atoms with van der Waals surface area (Å²) >= 11 is 0. The number of amides is 2. The van der Waals surface area contributed by atoms with Gasteiger partial charge in [-0.3, -0.25) is 9.59 Å². The Hall–Kier alpha value is -3.40. The molecular weight excluding hydrogens is 360 g/mol. The Bertz CT molecular complexity index is 955. The first-order valence-electron chi connectivity index (χ1n) is 9.85. The first-order chi connectivity index (χ1) is 14.1. The normalized spacial score (nSPS) is 10.4. The lowest BCUT2D eigenvalue weighted by molar-refractivity contribution is -0.121. The fourth-order valence-electron chi connectivity index (χ4n) is 3.36. The van der Waals surface area contributed by atoms with Crippen molar-refractivity contribution in [1.29, 1.82) is 0 Å². The molecule has 0 aliphatic rings. The average molecular weight is 386 g/mol. The molecule has 3 aromatic rings. The quantitative estimate of drug-likeness (QED) is 0.583. The van der Waals surface area contributed by atoms with Crippen molar-refractivity contribution in [1.82, 2.24) is 0 Å². The number of anilines is 2. The van der Waals surface area contributed by atoms with Crippen molar-refractivity contribution in [2.75, 3.05) is 16.3 Å². The molecule has 0 N–H and O–H groups in total. The maximum absolute atomic E-state index is 13.4. The zero-order valence-corrected chi connectivity index (χ0v) is 16.9. The van der Waals surface area contributed by atoms with Crippen LogP contribution in [0.5, 0.6) is 0 Å². The number of hydrogen-bond acceptors (Lipinski definition) is 2. The molecular formula is C25H26N2O2. The Morgan fingerprint density at radius 2 is 1.34 bits per heavy atom. The van der Waals surface area contributed by atoms with Crippen molar-refractivity contribution in [3.63, 3.8) is 0 Å². The maximum Gasteiger partial charge on any atom is 0.247 e. The van der Waals surface area contributed by atoms with Crippen LogP contribution in [0.4, 0.5) is 11.4 Å². The molecule has 29 heavy (non-hydrogen) atoms. The predicted molar refractivity (Wildman–Crippen MR) is 118 cm³/mol. The third-order valence-corrected chi connectivity index (χ3v) is 4.89. The van der Waals surface area contributed by atoms with Gasteiger partial charge in [0.2, 0.25) is 11.8 Å². The second kappa shape index (κ2) is 9.69. The monoisotopic (exact) mass is 386 g/mol. The molecule has 0 bridgehead atoms. The van der Waals surface area contributed by atoms with Crippen LogP contribution in [0.25, 0.3) is 0 Å². The Morgan fingerprint density at radius 1 is 0.759 bits per heavy atom. The van der Waals surface area contributed by atoms with E-state index in [2.05, 4.69) is 0 Å². The van der Waals surface area contributed by atoms with Gasteiger partial charge in [-0.05, 0) is 35.7 Å². The minimum Gasteiger partial charge on any atom is -0.306 e. The van der Waals surface area contributed by atoms with Gasteiger partial charge in [0.15, 0.2) is 0 Å². The Morgan fingerprint density at radius 3 is 1.97 bits per heavy atom. The third kappa shape index (κ3) is 5.11.